The zero-order valence-electron chi connectivity index (χ0n) is 15.7. The number of hydrogen-bond donors (Lipinski definition) is 1. The van der Waals surface area contributed by atoms with Gasteiger partial charge in [-0.05, 0) is 36.2 Å². The molecule has 0 spiro atoms. The summed E-state index contributed by atoms with van der Waals surface area (Å²) in [6.45, 7) is 0.770. The number of hydrogen-bond acceptors (Lipinski definition) is 5. The molecule has 6 nitrogen and oxygen atoms in total. The van der Waals surface area contributed by atoms with Gasteiger partial charge in [0, 0.05) is 13.5 Å². The highest BCUT2D eigenvalue weighted by atomic mass is 35.5. The topological polar surface area (TPSA) is 66.0 Å². The van der Waals surface area contributed by atoms with Crippen molar-refractivity contribution in [3.05, 3.63) is 47.0 Å². The number of rotatable bonds is 10. The first-order valence-electron chi connectivity index (χ1n) is 8.50. The molecule has 0 heterocycles. The van der Waals surface area contributed by atoms with Crippen LogP contribution in [0.25, 0.3) is 0 Å². The SMILES string of the molecule is COCCOc1c(Cl)cccc1NC(=O)CCc1ccc(OC)c(OC)c1. The Morgan fingerprint density at radius 1 is 1.04 bits per heavy atom. The fourth-order valence-electron chi connectivity index (χ4n) is 2.49. The van der Waals surface area contributed by atoms with E-state index in [4.69, 9.17) is 30.5 Å². The summed E-state index contributed by atoms with van der Waals surface area (Å²) in [5, 5.41) is 3.29. The minimum atomic E-state index is -0.136. The number of halogens is 1. The van der Waals surface area contributed by atoms with Crippen molar-refractivity contribution in [2.24, 2.45) is 0 Å². The molecule has 2 aromatic carbocycles. The Hall–Kier alpha value is -2.44. The highest BCUT2D eigenvalue weighted by molar-refractivity contribution is 6.32. The number of para-hydroxylation sites is 1. The van der Waals surface area contributed by atoms with Crippen LogP contribution in [0.15, 0.2) is 36.4 Å². The number of aryl methyl sites for hydroxylation is 1. The Labute approximate surface area is 164 Å². The second-order valence-corrected chi connectivity index (χ2v) is 6.10. The van der Waals surface area contributed by atoms with Crippen LogP contribution in [-0.4, -0.2) is 40.5 Å². The van der Waals surface area contributed by atoms with Crippen LogP contribution in [0, 0.1) is 0 Å². The number of anilines is 1. The second-order valence-electron chi connectivity index (χ2n) is 5.70. The van der Waals surface area contributed by atoms with Crippen molar-refractivity contribution in [3.8, 4) is 17.2 Å². The van der Waals surface area contributed by atoms with Gasteiger partial charge in [0.15, 0.2) is 17.2 Å². The molecule has 0 radical (unpaired) electrons. The Bertz CT molecular complexity index is 766. The molecule has 27 heavy (non-hydrogen) atoms. The third-order valence-electron chi connectivity index (χ3n) is 3.86. The predicted molar refractivity (Wildman–Crippen MR) is 105 cm³/mol. The largest absolute Gasteiger partial charge is 0.493 e. The molecule has 0 saturated carbocycles. The van der Waals surface area contributed by atoms with Crippen molar-refractivity contribution in [2.75, 3.05) is 39.9 Å². The Morgan fingerprint density at radius 2 is 1.81 bits per heavy atom. The van der Waals surface area contributed by atoms with Gasteiger partial charge < -0.3 is 24.3 Å². The van der Waals surface area contributed by atoms with Gasteiger partial charge in [-0.15, -0.1) is 0 Å². The summed E-state index contributed by atoms with van der Waals surface area (Å²) in [5.41, 5.74) is 1.52. The van der Waals surface area contributed by atoms with Crippen molar-refractivity contribution in [1.29, 1.82) is 0 Å². The summed E-state index contributed by atoms with van der Waals surface area (Å²) < 4.78 is 21.1. The number of nitrogens with one attached hydrogen (secondary N) is 1. The first-order valence-corrected chi connectivity index (χ1v) is 8.87. The van der Waals surface area contributed by atoms with Gasteiger partial charge in [0.05, 0.1) is 31.5 Å². The van der Waals surface area contributed by atoms with Crippen molar-refractivity contribution < 1.29 is 23.7 Å². The van der Waals surface area contributed by atoms with Crippen molar-refractivity contribution in [2.45, 2.75) is 12.8 Å². The highest BCUT2D eigenvalue weighted by Gasteiger charge is 2.12. The molecule has 1 amide bonds. The van der Waals surface area contributed by atoms with E-state index in [9.17, 15) is 4.79 Å². The maximum atomic E-state index is 12.4. The quantitative estimate of drug-likeness (QED) is 0.619. The van der Waals surface area contributed by atoms with E-state index in [-0.39, 0.29) is 5.91 Å². The van der Waals surface area contributed by atoms with Crippen LogP contribution in [0.5, 0.6) is 17.2 Å². The highest BCUT2D eigenvalue weighted by Crippen LogP contribution is 2.33. The van der Waals surface area contributed by atoms with E-state index in [0.29, 0.717) is 54.0 Å². The van der Waals surface area contributed by atoms with Crippen molar-refractivity contribution in [1.82, 2.24) is 0 Å². The molecule has 7 heteroatoms. The smallest absolute Gasteiger partial charge is 0.224 e. The summed E-state index contributed by atoms with van der Waals surface area (Å²) >= 11 is 6.18. The Balaban J connectivity index is 1.99. The molecule has 0 aliphatic rings. The molecule has 0 bridgehead atoms. The Morgan fingerprint density at radius 3 is 2.52 bits per heavy atom. The number of carbonyl (C=O) groups is 1. The minimum absolute atomic E-state index is 0.136. The number of carbonyl (C=O) groups excluding carboxylic acids is 1. The maximum Gasteiger partial charge on any atom is 0.224 e. The maximum absolute atomic E-state index is 12.4. The van der Waals surface area contributed by atoms with Crippen molar-refractivity contribution >= 4 is 23.2 Å². The molecule has 146 valence electrons. The Kier molecular flexibility index (Phi) is 8.23. The molecule has 0 unspecified atom stereocenters. The summed E-state index contributed by atoms with van der Waals surface area (Å²) in [6.07, 6.45) is 0.867. The van der Waals surface area contributed by atoms with Crippen LogP contribution >= 0.6 is 11.6 Å². The van der Waals surface area contributed by atoms with E-state index >= 15 is 0 Å². The van der Waals surface area contributed by atoms with E-state index in [1.807, 2.05) is 18.2 Å². The van der Waals surface area contributed by atoms with Crippen molar-refractivity contribution in [3.63, 3.8) is 0 Å². The predicted octanol–water partition coefficient (Wildman–Crippen LogP) is 3.95. The summed E-state index contributed by atoms with van der Waals surface area (Å²) in [4.78, 5) is 12.4. The molecule has 0 aliphatic carbocycles. The third-order valence-corrected chi connectivity index (χ3v) is 4.16. The summed E-state index contributed by atoms with van der Waals surface area (Å²) in [7, 11) is 4.76. The second kappa shape index (κ2) is 10.6. The van der Waals surface area contributed by atoms with Gasteiger partial charge in [-0.25, -0.2) is 0 Å². The van der Waals surface area contributed by atoms with Crippen LogP contribution in [0.4, 0.5) is 5.69 Å². The summed E-state index contributed by atoms with van der Waals surface area (Å²) in [5.74, 6) is 1.60. The van der Waals surface area contributed by atoms with Crippen LogP contribution in [0.3, 0.4) is 0 Å². The lowest BCUT2D eigenvalue weighted by Gasteiger charge is -2.14. The fourth-order valence-corrected chi connectivity index (χ4v) is 2.72. The zero-order valence-corrected chi connectivity index (χ0v) is 16.5. The zero-order chi connectivity index (χ0) is 19.6. The number of benzene rings is 2. The van der Waals surface area contributed by atoms with Gasteiger partial charge in [0.1, 0.15) is 6.61 Å². The molecule has 0 saturated heterocycles. The van der Waals surface area contributed by atoms with Gasteiger partial charge in [0.25, 0.3) is 0 Å². The molecular formula is C20H24ClNO5. The van der Waals surface area contributed by atoms with Crippen LogP contribution in [0.1, 0.15) is 12.0 Å². The van der Waals surface area contributed by atoms with Crippen LogP contribution < -0.4 is 19.5 Å². The lowest BCUT2D eigenvalue weighted by molar-refractivity contribution is -0.116. The lowest BCUT2D eigenvalue weighted by atomic mass is 10.1. The van der Waals surface area contributed by atoms with E-state index in [0.717, 1.165) is 5.56 Å². The molecule has 2 rings (SSSR count). The monoisotopic (exact) mass is 393 g/mol. The first-order chi connectivity index (χ1) is 13.1. The van der Waals surface area contributed by atoms with E-state index in [1.54, 1.807) is 39.5 Å². The molecular weight excluding hydrogens is 370 g/mol. The normalized spacial score (nSPS) is 10.4. The van der Waals surface area contributed by atoms with Crippen LogP contribution in [0.2, 0.25) is 5.02 Å². The van der Waals surface area contributed by atoms with Gasteiger partial charge in [-0.3, -0.25) is 4.79 Å². The minimum Gasteiger partial charge on any atom is -0.493 e. The number of ether oxygens (including phenoxy) is 4. The molecule has 1 N–H and O–H groups in total. The van der Waals surface area contributed by atoms with Gasteiger partial charge in [-0.1, -0.05) is 23.7 Å². The molecule has 2 aromatic rings. The molecule has 0 aliphatic heterocycles. The van der Waals surface area contributed by atoms with E-state index in [1.165, 1.54) is 0 Å². The average molecular weight is 394 g/mol. The van der Waals surface area contributed by atoms with E-state index < -0.39 is 0 Å². The van der Waals surface area contributed by atoms with Gasteiger partial charge in [-0.2, -0.15) is 0 Å². The van der Waals surface area contributed by atoms with E-state index in [2.05, 4.69) is 5.32 Å². The standard InChI is InChI=1S/C20H24ClNO5/c1-24-11-12-27-20-15(21)5-4-6-16(20)22-19(23)10-8-14-7-9-17(25-2)18(13-14)26-3/h4-7,9,13H,8,10-12H2,1-3H3,(H,22,23). The number of methoxy groups -OCH3 is 3. The molecule has 0 fully saturated rings. The molecule has 0 atom stereocenters. The average Bonchev–Trinajstić information content (AvgIpc) is 2.68. The van der Waals surface area contributed by atoms with Gasteiger partial charge >= 0.3 is 0 Å². The molecule has 0 aromatic heterocycles. The van der Waals surface area contributed by atoms with Gasteiger partial charge in [0.2, 0.25) is 5.91 Å². The summed E-state index contributed by atoms with van der Waals surface area (Å²) in [6, 6.07) is 10.8. The fraction of sp³-hybridized carbons (Fsp3) is 0.350. The van der Waals surface area contributed by atoms with Crippen LogP contribution in [-0.2, 0) is 16.0 Å². The third kappa shape index (κ3) is 6.05. The number of amides is 1. The first kappa shape index (κ1) is 20.9. The lowest BCUT2D eigenvalue weighted by Crippen LogP contribution is -2.14.